The minimum absolute atomic E-state index is 0.0208. The number of rotatable bonds is 8. The zero-order valence-electron chi connectivity index (χ0n) is 27.7. The maximum Gasteiger partial charge on any atom is 0.263 e. The highest BCUT2D eigenvalue weighted by atomic mass is 127. The second-order valence-electron chi connectivity index (χ2n) is 15.7. The van der Waals surface area contributed by atoms with Gasteiger partial charge < -0.3 is 24.4 Å². The number of aliphatic hydroxyl groups excluding tert-OH is 1. The molecule has 2 saturated heterocycles. The molecule has 2 saturated carbocycles. The number of carbonyl (C=O) groups is 2. The van der Waals surface area contributed by atoms with Gasteiger partial charge in [0.1, 0.15) is 0 Å². The van der Waals surface area contributed by atoms with Crippen molar-refractivity contribution in [1.82, 2.24) is 9.80 Å². The van der Waals surface area contributed by atoms with E-state index in [4.69, 9.17) is 9.47 Å². The molecule has 3 aliphatic heterocycles. The lowest BCUT2D eigenvalue weighted by Gasteiger charge is -2.45. The highest BCUT2D eigenvalue weighted by Gasteiger charge is 2.67. The first-order valence-corrected chi connectivity index (χ1v) is 22.3. The van der Waals surface area contributed by atoms with E-state index >= 15 is 4.79 Å². The number of halogens is 1. The molecule has 0 aromatic rings. The molecule has 4 fully saturated rings. The van der Waals surface area contributed by atoms with Crippen LogP contribution in [-0.4, -0.2) is 89.4 Å². The number of aliphatic hydroxyl groups is 1. The fraction of sp³-hybridized carbons (Fsp3) is 0.886. The van der Waals surface area contributed by atoms with Crippen molar-refractivity contribution in [2.24, 2.45) is 11.8 Å². The number of hydrogen-bond donors (Lipinski definition) is 1. The Balaban J connectivity index is 1.34. The summed E-state index contributed by atoms with van der Waals surface area (Å²) in [6.45, 7) is 8.96. The molecule has 0 aromatic carbocycles. The molecule has 44 heavy (non-hydrogen) atoms. The van der Waals surface area contributed by atoms with Crippen molar-refractivity contribution >= 4 is 42.5 Å². The van der Waals surface area contributed by atoms with Crippen LogP contribution in [-0.2, 0) is 19.1 Å². The zero-order chi connectivity index (χ0) is 31.2. The molecular formula is C35H57IN2O5Si. The molecule has 2 unspecified atom stereocenters. The number of ether oxygens (including phenoxy) is 2. The highest BCUT2D eigenvalue weighted by molar-refractivity contribution is 14.1. The van der Waals surface area contributed by atoms with Gasteiger partial charge in [0.2, 0.25) is 5.91 Å². The first kappa shape index (κ1) is 33.4. The number of carbonyl (C=O) groups excluding carboxylic acids is 2. The van der Waals surface area contributed by atoms with Crippen LogP contribution in [0.2, 0.25) is 24.2 Å². The summed E-state index contributed by atoms with van der Waals surface area (Å²) >= 11 is 2.61. The Morgan fingerprint density at radius 1 is 1.07 bits per heavy atom. The molecule has 2 amide bonds. The van der Waals surface area contributed by atoms with E-state index in [1.54, 1.807) is 0 Å². The predicted octanol–water partition coefficient (Wildman–Crippen LogP) is 6.84. The number of amides is 2. The van der Waals surface area contributed by atoms with Gasteiger partial charge in [-0.1, -0.05) is 61.9 Å². The number of alkyl halides is 1. The highest BCUT2D eigenvalue weighted by Crippen LogP contribution is 2.61. The van der Waals surface area contributed by atoms with Crippen LogP contribution >= 0.6 is 22.6 Å². The number of likely N-dealkylation sites (tertiary alicyclic amines) is 1. The minimum atomic E-state index is -2.02. The summed E-state index contributed by atoms with van der Waals surface area (Å²) in [4.78, 5) is 33.1. The Morgan fingerprint density at radius 3 is 2.52 bits per heavy atom. The minimum Gasteiger partial charge on any atom is -0.394 e. The Kier molecular flexibility index (Phi) is 10.3. The number of fused-ring (bicyclic) bond motifs is 1. The van der Waals surface area contributed by atoms with Crippen LogP contribution in [0.15, 0.2) is 11.3 Å². The Hall–Kier alpha value is -0.493. The van der Waals surface area contributed by atoms with E-state index in [1.165, 1.54) is 49.8 Å². The topological polar surface area (TPSA) is 79.3 Å². The lowest BCUT2D eigenvalue weighted by atomic mass is 9.78. The summed E-state index contributed by atoms with van der Waals surface area (Å²) in [6.07, 6.45) is 15.9. The maximum absolute atomic E-state index is 15.0. The van der Waals surface area contributed by atoms with E-state index in [1.807, 2.05) is 12.0 Å². The fourth-order valence-electron chi connectivity index (χ4n) is 10.7. The van der Waals surface area contributed by atoms with Gasteiger partial charge in [0, 0.05) is 35.7 Å². The van der Waals surface area contributed by atoms with E-state index in [9.17, 15) is 9.90 Å². The number of allylic oxidation sites excluding steroid dienone is 1. The van der Waals surface area contributed by atoms with Crippen molar-refractivity contribution in [3.05, 3.63) is 11.3 Å². The van der Waals surface area contributed by atoms with Crippen LogP contribution in [0.3, 0.4) is 0 Å². The summed E-state index contributed by atoms with van der Waals surface area (Å²) < 4.78 is 13.8. The molecule has 6 aliphatic rings. The normalized spacial score (nSPS) is 39.9. The number of hydrogen-bond acceptors (Lipinski definition) is 5. The van der Waals surface area contributed by atoms with E-state index in [0.717, 1.165) is 57.9 Å². The SMILES string of the molecule is COC1CCC([Si](C)(C)[C@@H]2[C@@H](CC(=O)N3CCC[C@H]3CO)O[C@]3(C(=O)N(CC4CCCC(I)C4)C4=C3CCCC4)[C@H]2C)CC1. The first-order chi connectivity index (χ1) is 21.1. The largest absolute Gasteiger partial charge is 0.394 e. The van der Waals surface area contributed by atoms with Crippen molar-refractivity contribution in [1.29, 1.82) is 0 Å². The number of methoxy groups -OCH3 is 1. The summed E-state index contributed by atoms with van der Waals surface area (Å²) in [7, 11) is -0.180. The van der Waals surface area contributed by atoms with E-state index < -0.39 is 13.7 Å². The van der Waals surface area contributed by atoms with Crippen LogP contribution in [0.5, 0.6) is 0 Å². The van der Waals surface area contributed by atoms with E-state index in [0.29, 0.717) is 34.5 Å². The van der Waals surface area contributed by atoms with E-state index in [-0.39, 0.29) is 42.0 Å². The van der Waals surface area contributed by atoms with Crippen LogP contribution in [0.1, 0.15) is 103 Å². The Morgan fingerprint density at radius 2 is 1.82 bits per heavy atom. The number of nitrogens with zero attached hydrogens (tertiary/aromatic N) is 2. The summed E-state index contributed by atoms with van der Waals surface area (Å²) in [5, 5.41) is 10.0. The fourth-order valence-corrected chi connectivity index (χ4v) is 16.9. The van der Waals surface area contributed by atoms with Gasteiger partial charge in [-0.2, -0.15) is 0 Å². The molecule has 1 N–H and O–H groups in total. The van der Waals surface area contributed by atoms with Crippen molar-refractivity contribution < 1.29 is 24.2 Å². The van der Waals surface area contributed by atoms with Crippen molar-refractivity contribution in [3.8, 4) is 0 Å². The van der Waals surface area contributed by atoms with Gasteiger partial charge in [-0.3, -0.25) is 9.59 Å². The molecule has 9 heteroatoms. The van der Waals surface area contributed by atoms with Crippen LogP contribution in [0, 0.1) is 11.8 Å². The molecule has 0 aromatic heterocycles. The molecule has 6 rings (SSSR count). The van der Waals surface area contributed by atoms with Gasteiger partial charge in [-0.15, -0.1) is 0 Å². The molecule has 7 atom stereocenters. The van der Waals surface area contributed by atoms with Crippen LogP contribution in [0.4, 0.5) is 0 Å². The smallest absolute Gasteiger partial charge is 0.263 e. The van der Waals surface area contributed by atoms with Gasteiger partial charge in [0.05, 0.1) is 39.4 Å². The lowest BCUT2D eigenvalue weighted by molar-refractivity contribution is -0.152. The summed E-state index contributed by atoms with van der Waals surface area (Å²) in [6, 6.07) is -0.0863. The summed E-state index contributed by atoms with van der Waals surface area (Å²) in [5.74, 6) is 0.898. The van der Waals surface area contributed by atoms with Crippen LogP contribution < -0.4 is 0 Å². The maximum atomic E-state index is 15.0. The van der Waals surface area contributed by atoms with Crippen molar-refractivity contribution in [3.63, 3.8) is 0 Å². The van der Waals surface area contributed by atoms with Crippen molar-refractivity contribution in [2.45, 2.75) is 155 Å². The average Bonchev–Trinajstić information content (AvgIpc) is 3.68. The van der Waals surface area contributed by atoms with Gasteiger partial charge in [0.15, 0.2) is 5.60 Å². The van der Waals surface area contributed by atoms with E-state index in [2.05, 4.69) is 47.5 Å². The second-order valence-corrected chi connectivity index (χ2v) is 22.6. The molecule has 0 bridgehead atoms. The van der Waals surface area contributed by atoms with Crippen LogP contribution in [0.25, 0.3) is 0 Å². The van der Waals surface area contributed by atoms with Gasteiger partial charge in [0.25, 0.3) is 5.91 Å². The third-order valence-corrected chi connectivity index (χ3v) is 19.5. The third kappa shape index (κ3) is 5.89. The Bertz CT molecular complexity index is 1110. The summed E-state index contributed by atoms with van der Waals surface area (Å²) in [5.41, 5.74) is 2.47. The standard InChI is InChI=1S/C35H57IN2O5Si/c1-23-33(44(3,4)28-16-14-27(42-2)15-17-28)31(20-32(40)37-18-8-11-26(37)22-39)43-35(23)29-12-5-6-13-30(29)38(34(35)41)21-24-9-7-10-25(36)19-24/h23-28,31,33,39H,5-22H2,1-4H3/t23-,24?,25?,26-,27?,28?,31+,33-,35+/m0/s1. The van der Waals surface area contributed by atoms with Gasteiger partial charge in [-0.05, 0) is 93.2 Å². The monoisotopic (exact) mass is 740 g/mol. The molecule has 3 heterocycles. The quantitative estimate of drug-likeness (QED) is 0.168. The average molecular weight is 741 g/mol. The van der Waals surface area contributed by atoms with Crippen molar-refractivity contribution in [2.75, 3.05) is 26.8 Å². The zero-order valence-corrected chi connectivity index (χ0v) is 30.9. The van der Waals surface area contributed by atoms with Gasteiger partial charge in [-0.25, -0.2) is 0 Å². The molecule has 3 aliphatic carbocycles. The third-order valence-electron chi connectivity index (χ3n) is 13.1. The second kappa shape index (κ2) is 13.6. The molecule has 0 radical (unpaired) electrons. The molecule has 7 nitrogen and oxygen atoms in total. The van der Waals surface area contributed by atoms with Gasteiger partial charge >= 0.3 is 0 Å². The lowest BCUT2D eigenvalue weighted by Crippen LogP contribution is -2.50. The predicted molar refractivity (Wildman–Crippen MR) is 184 cm³/mol. The molecular weight excluding hydrogens is 683 g/mol. The molecule has 1 spiro atoms. The first-order valence-electron chi connectivity index (χ1n) is 17.9. The molecule has 248 valence electrons. The Labute approximate surface area is 280 Å².